The molecule has 0 aromatic rings. The van der Waals surface area contributed by atoms with Crippen molar-refractivity contribution in [3.05, 3.63) is 0 Å². The predicted octanol–water partition coefficient (Wildman–Crippen LogP) is 0.113. The lowest BCUT2D eigenvalue weighted by atomic mass is 10.2. The van der Waals surface area contributed by atoms with E-state index in [1.165, 1.54) is 16.8 Å². The molecule has 0 radical (unpaired) electrons. The molecule has 3 amide bonds. The molecular formula is C12H21N3O4. The zero-order valence-electron chi connectivity index (χ0n) is 11.4. The van der Waals surface area contributed by atoms with Crippen molar-refractivity contribution in [3.8, 4) is 0 Å². The van der Waals surface area contributed by atoms with E-state index < -0.39 is 18.0 Å². The number of carbonyl (C=O) groups is 3. The van der Waals surface area contributed by atoms with Gasteiger partial charge in [-0.05, 0) is 19.3 Å². The van der Waals surface area contributed by atoms with Crippen LogP contribution < -0.4 is 5.32 Å². The summed E-state index contributed by atoms with van der Waals surface area (Å²) in [6.45, 7) is 2.89. The molecule has 0 spiro atoms. The minimum Gasteiger partial charge on any atom is -0.480 e. The average Bonchev–Trinajstić information content (AvgIpc) is 2.84. The number of carboxylic acids is 1. The van der Waals surface area contributed by atoms with Crippen molar-refractivity contribution >= 4 is 17.9 Å². The van der Waals surface area contributed by atoms with Gasteiger partial charge in [0.1, 0.15) is 12.6 Å². The van der Waals surface area contributed by atoms with Crippen LogP contribution in [0.2, 0.25) is 0 Å². The van der Waals surface area contributed by atoms with E-state index in [-0.39, 0.29) is 12.5 Å². The number of nitrogens with zero attached hydrogens (tertiary/aromatic N) is 2. The van der Waals surface area contributed by atoms with E-state index in [0.717, 1.165) is 6.42 Å². The molecule has 1 saturated heterocycles. The summed E-state index contributed by atoms with van der Waals surface area (Å²) >= 11 is 0. The molecule has 7 heteroatoms. The highest BCUT2D eigenvalue weighted by atomic mass is 16.4. The first-order valence-electron chi connectivity index (χ1n) is 6.48. The fourth-order valence-electron chi connectivity index (χ4n) is 2.08. The van der Waals surface area contributed by atoms with Gasteiger partial charge in [-0.2, -0.15) is 0 Å². The van der Waals surface area contributed by atoms with Gasteiger partial charge >= 0.3 is 12.0 Å². The van der Waals surface area contributed by atoms with Crippen LogP contribution in [0, 0.1) is 0 Å². The molecule has 0 unspecified atom stereocenters. The third-order valence-electron chi connectivity index (χ3n) is 3.06. The molecule has 19 heavy (non-hydrogen) atoms. The third kappa shape index (κ3) is 4.11. The normalized spacial score (nSPS) is 18.2. The SMILES string of the molecule is CCCNC(=O)CN(C)C(=O)N1CCC[C@H]1C(=O)O. The highest BCUT2D eigenvalue weighted by molar-refractivity contribution is 5.87. The fraction of sp³-hybridized carbons (Fsp3) is 0.750. The Morgan fingerprint density at radius 2 is 2.11 bits per heavy atom. The topological polar surface area (TPSA) is 90.0 Å². The predicted molar refractivity (Wildman–Crippen MR) is 68.7 cm³/mol. The van der Waals surface area contributed by atoms with Crippen LogP contribution in [0.4, 0.5) is 4.79 Å². The second-order valence-corrected chi connectivity index (χ2v) is 4.68. The maximum atomic E-state index is 12.1. The van der Waals surface area contributed by atoms with E-state index in [1.807, 2.05) is 6.92 Å². The van der Waals surface area contributed by atoms with Crippen molar-refractivity contribution in [2.75, 3.05) is 26.7 Å². The Bertz CT molecular complexity index is 359. The van der Waals surface area contributed by atoms with Crippen molar-refractivity contribution < 1.29 is 19.5 Å². The van der Waals surface area contributed by atoms with Crippen molar-refractivity contribution in [2.45, 2.75) is 32.2 Å². The van der Waals surface area contributed by atoms with Crippen LogP contribution in [0.3, 0.4) is 0 Å². The van der Waals surface area contributed by atoms with E-state index >= 15 is 0 Å². The van der Waals surface area contributed by atoms with Gasteiger partial charge in [0.05, 0.1) is 0 Å². The minimum atomic E-state index is -0.991. The number of hydrogen-bond acceptors (Lipinski definition) is 3. The number of urea groups is 1. The highest BCUT2D eigenvalue weighted by Crippen LogP contribution is 2.18. The molecular weight excluding hydrogens is 250 g/mol. The molecule has 0 bridgehead atoms. The standard InChI is InChI=1S/C12H21N3O4/c1-3-6-13-10(16)8-14(2)12(19)15-7-4-5-9(15)11(17)18/h9H,3-8H2,1-2H3,(H,13,16)(H,17,18)/t9-/m0/s1. The first-order valence-corrected chi connectivity index (χ1v) is 6.48. The van der Waals surface area contributed by atoms with Crippen molar-refractivity contribution in [1.82, 2.24) is 15.1 Å². The van der Waals surface area contributed by atoms with Gasteiger partial charge in [0.15, 0.2) is 0 Å². The summed E-state index contributed by atoms with van der Waals surface area (Å²) in [7, 11) is 1.51. The molecule has 1 fully saturated rings. The van der Waals surface area contributed by atoms with Crippen LogP contribution in [0.15, 0.2) is 0 Å². The third-order valence-corrected chi connectivity index (χ3v) is 3.06. The molecule has 1 atom stereocenters. The highest BCUT2D eigenvalue weighted by Gasteiger charge is 2.35. The monoisotopic (exact) mass is 271 g/mol. The van der Waals surface area contributed by atoms with Crippen molar-refractivity contribution in [3.63, 3.8) is 0 Å². The van der Waals surface area contributed by atoms with E-state index in [4.69, 9.17) is 5.11 Å². The summed E-state index contributed by atoms with van der Waals surface area (Å²) in [6, 6.07) is -1.18. The summed E-state index contributed by atoms with van der Waals surface area (Å²) in [5.41, 5.74) is 0. The number of nitrogens with one attached hydrogen (secondary N) is 1. The van der Waals surface area contributed by atoms with Gasteiger partial charge in [0.25, 0.3) is 0 Å². The number of carboxylic acid groups (broad SMARTS) is 1. The molecule has 2 N–H and O–H groups in total. The maximum absolute atomic E-state index is 12.1. The second-order valence-electron chi connectivity index (χ2n) is 4.68. The summed E-state index contributed by atoms with van der Waals surface area (Å²) in [4.78, 5) is 37.2. The van der Waals surface area contributed by atoms with Crippen molar-refractivity contribution in [2.24, 2.45) is 0 Å². The van der Waals surface area contributed by atoms with Crippen LogP contribution in [-0.4, -0.2) is 65.5 Å². The van der Waals surface area contributed by atoms with Crippen LogP contribution in [0.5, 0.6) is 0 Å². The lowest BCUT2D eigenvalue weighted by Crippen LogP contribution is -2.49. The molecule has 1 heterocycles. The summed E-state index contributed by atoms with van der Waals surface area (Å²) in [5.74, 6) is -1.22. The Balaban J connectivity index is 2.52. The molecule has 7 nitrogen and oxygen atoms in total. The Morgan fingerprint density at radius 1 is 1.42 bits per heavy atom. The lowest BCUT2D eigenvalue weighted by Gasteiger charge is -2.27. The maximum Gasteiger partial charge on any atom is 0.326 e. The van der Waals surface area contributed by atoms with Gasteiger partial charge < -0.3 is 20.2 Å². The smallest absolute Gasteiger partial charge is 0.326 e. The Labute approximate surface area is 112 Å². The molecule has 0 aromatic carbocycles. The fourth-order valence-corrected chi connectivity index (χ4v) is 2.08. The molecule has 0 aliphatic carbocycles. The zero-order valence-corrected chi connectivity index (χ0v) is 11.4. The van der Waals surface area contributed by atoms with E-state index in [2.05, 4.69) is 5.32 Å². The number of likely N-dealkylation sites (tertiary alicyclic amines) is 1. The van der Waals surface area contributed by atoms with Gasteiger partial charge in [-0.15, -0.1) is 0 Å². The van der Waals surface area contributed by atoms with Gasteiger partial charge in [0.2, 0.25) is 5.91 Å². The van der Waals surface area contributed by atoms with Gasteiger partial charge in [-0.3, -0.25) is 4.79 Å². The summed E-state index contributed by atoms with van der Waals surface area (Å²) in [6.07, 6.45) is 1.98. The van der Waals surface area contributed by atoms with Crippen LogP contribution in [0.25, 0.3) is 0 Å². The van der Waals surface area contributed by atoms with Crippen LogP contribution >= 0.6 is 0 Å². The van der Waals surface area contributed by atoms with Gasteiger partial charge in [-0.1, -0.05) is 6.92 Å². The van der Waals surface area contributed by atoms with E-state index in [9.17, 15) is 14.4 Å². The molecule has 0 aromatic heterocycles. The Kier molecular flexibility index (Phi) is 5.59. The van der Waals surface area contributed by atoms with E-state index in [1.54, 1.807) is 0 Å². The van der Waals surface area contributed by atoms with E-state index in [0.29, 0.717) is 25.9 Å². The molecule has 0 saturated carbocycles. The summed E-state index contributed by atoms with van der Waals surface area (Å²) in [5, 5.41) is 11.7. The summed E-state index contributed by atoms with van der Waals surface area (Å²) < 4.78 is 0. The molecule has 1 aliphatic rings. The number of aliphatic carboxylic acids is 1. The number of likely N-dealkylation sites (N-methyl/N-ethyl adjacent to an activating group) is 1. The number of rotatable bonds is 5. The first kappa shape index (κ1) is 15.3. The van der Waals surface area contributed by atoms with Crippen LogP contribution in [-0.2, 0) is 9.59 Å². The van der Waals surface area contributed by atoms with Gasteiger partial charge in [0, 0.05) is 20.1 Å². The number of amides is 3. The molecule has 108 valence electrons. The minimum absolute atomic E-state index is 0.0539. The van der Waals surface area contributed by atoms with Crippen LogP contribution in [0.1, 0.15) is 26.2 Å². The van der Waals surface area contributed by atoms with Crippen molar-refractivity contribution in [1.29, 1.82) is 0 Å². The van der Waals surface area contributed by atoms with Gasteiger partial charge in [-0.25, -0.2) is 9.59 Å². The lowest BCUT2D eigenvalue weighted by molar-refractivity contribution is -0.141. The number of carbonyl (C=O) groups excluding carboxylic acids is 2. The largest absolute Gasteiger partial charge is 0.480 e. The molecule has 1 aliphatic heterocycles. The zero-order chi connectivity index (χ0) is 14.4. The first-order chi connectivity index (χ1) is 8.97. The quantitative estimate of drug-likeness (QED) is 0.743. The average molecular weight is 271 g/mol. The number of hydrogen-bond donors (Lipinski definition) is 2. The second kappa shape index (κ2) is 6.96. The Hall–Kier alpha value is -1.79. The Morgan fingerprint density at radius 3 is 2.68 bits per heavy atom. The molecule has 1 rings (SSSR count).